The summed E-state index contributed by atoms with van der Waals surface area (Å²) < 4.78 is 0. The Kier molecular flexibility index (Phi) is 4.02. The molecule has 3 aromatic rings. The highest BCUT2D eigenvalue weighted by molar-refractivity contribution is 6.30. The fourth-order valence-corrected chi connectivity index (χ4v) is 1.97. The van der Waals surface area contributed by atoms with Crippen molar-refractivity contribution in [3.05, 3.63) is 35.1 Å². The molecule has 0 saturated carbocycles. The number of aromatic nitrogens is 7. The van der Waals surface area contributed by atoms with Crippen molar-refractivity contribution in [1.82, 2.24) is 35.2 Å². The first-order chi connectivity index (χ1) is 11.0. The van der Waals surface area contributed by atoms with Crippen LogP contribution in [-0.2, 0) is 6.54 Å². The van der Waals surface area contributed by atoms with E-state index in [2.05, 4.69) is 30.4 Å². The average Bonchev–Trinajstić information content (AvgIpc) is 2.95. The third kappa shape index (κ3) is 3.51. The minimum atomic E-state index is 0.150. The minimum Gasteiger partial charge on any atom is -0.368 e. The van der Waals surface area contributed by atoms with E-state index in [4.69, 9.17) is 17.3 Å². The van der Waals surface area contributed by atoms with Gasteiger partial charge in [-0.05, 0) is 29.5 Å². The van der Waals surface area contributed by atoms with Crippen LogP contribution in [0.2, 0.25) is 5.02 Å². The highest BCUT2D eigenvalue weighted by Crippen LogP contribution is 2.17. The Morgan fingerprint density at radius 2 is 1.87 bits per heavy atom. The van der Waals surface area contributed by atoms with Gasteiger partial charge in [0.15, 0.2) is 5.82 Å². The van der Waals surface area contributed by atoms with E-state index in [-0.39, 0.29) is 12.5 Å². The van der Waals surface area contributed by atoms with Crippen LogP contribution in [0, 0.1) is 0 Å². The van der Waals surface area contributed by atoms with Gasteiger partial charge >= 0.3 is 0 Å². The van der Waals surface area contributed by atoms with Gasteiger partial charge < -0.3 is 10.6 Å². The van der Waals surface area contributed by atoms with E-state index in [1.165, 1.54) is 4.80 Å². The number of rotatable bonds is 4. The molecule has 0 fully saturated rings. The normalized spacial score (nSPS) is 10.7. The molecule has 9 nitrogen and oxygen atoms in total. The SMILES string of the molecule is CN(C)c1nc(N)nc(Cn2nnc(-c3ccc(Cl)cc3)n2)n1. The Hall–Kier alpha value is -2.81. The zero-order chi connectivity index (χ0) is 16.4. The average molecular weight is 332 g/mol. The molecule has 0 atom stereocenters. The lowest BCUT2D eigenvalue weighted by molar-refractivity contribution is 0.553. The summed E-state index contributed by atoms with van der Waals surface area (Å²) in [5.74, 6) is 1.58. The molecule has 1 aromatic carbocycles. The van der Waals surface area contributed by atoms with Crippen LogP contribution in [0.15, 0.2) is 24.3 Å². The zero-order valence-corrected chi connectivity index (χ0v) is 13.3. The Morgan fingerprint density at radius 3 is 2.57 bits per heavy atom. The fourth-order valence-electron chi connectivity index (χ4n) is 1.85. The molecule has 0 aliphatic heterocycles. The maximum absolute atomic E-state index is 5.87. The molecule has 2 aromatic heterocycles. The third-order valence-corrected chi connectivity index (χ3v) is 3.18. The van der Waals surface area contributed by atoms with E-state index in [0.29, 0.717) is 22.6 Å². The van der Waals surface area contributed by atoms with Crippen LogP contribution in [-0.4, -0.2) is 49.3 Å². The molecule has 0 bridgehead atoms. The Labute approximate surface area is 137 Å². The van der Waals surface area contributed by atoms with Crippen LogP contribution in [0.4, 0.5) is 11.9 Å². The second-order valence-corrected chi connectivity index (χ2v) is 5.39. The number of anilines is 2. The molecule has 0 spiro atoms. The molecule has 2 N–H and O–H groups in total. The quantitative estimate of drug-likeness (QED) is 0.749. The van der Waals surface area contributed by atoms with Gasteiger partial charge in [-0.1, -0.05) is 11.6 Å². The number of hydrogen-bond donors (Lipinski definition) is 1. The van der Waals surface area contributed by atoms with E-state index in [1.807, 2.05) is 26.2 Å². The van der Waals surface area contributed by atoms with Crippen molar-refractivity contribution in [2.75, 3.05) is 24.7 Å². The Bertz CT molecular complexity index is 813. The van der Waals surface area contributed by atoms with Gasteiger partial charge in [0.05, 0.1) is 0 Å². The van der Waals surface area contributed by atoms with E-state index in [9.17, 15) is 0 Å². The number of nitrogens with zero attached hydrogens (tertiary/aromatic N) is 8. The highest BCUT2D eigenvalue weighted by Gasteiger charge is 2.10. The summed E-state index contributed by atoms with van der Waals surface area (Å²) in [6.45, 7) is 0.244. The summed E-state index contributed by atoms with van der Waals surface area (Å²) >= 11 is 5.87. The molecule has 0 amide bonds. The molecule has 23 heavy (non-hydrogen) atoms. The number of nitrogen functional groups attached to an aromatic ring is 1. The highest BCUT2D eigenvalue weighted by atomic mass is 35.5. The number of hydrogen-bond acceptors (Lipinski definition) is 8. The van der Waals surface area contributed by atoms with Crippen molar-refractivity contribution in [3.8, 4) is 11.4 Å². The number of nitrogens with two attached hydrogens (primary N) is 1. The van der Waals surface area contributed by atoms with Crippen LogP contribution in [0.3, 0.4) is 0 Å². The van der Waals surface area contributed by atoms with Gasteiger partial charge in [0.1, 0.15) is 6.54 Å². The van der Waals surface area contributed by atoms with Crippen molar-refractivity contribution in [2.24, 2.45) is 0 Å². The lowest BCUT2D eigenvalue weighted by atomic mass is 10.2. The van der Waals surface area contributed by atoms with Gasteiger partial charge in [0, 0.05) is 24.7 Å². The molecule has 0 unspecified atom stereocenters. The third-order valence-electron chi connectivity index (χ3n) is 2.93. The first-order valence-electron chi connectivity index (χ1n) is 6.73. The van der Waals surface area contributed by atoms with Crippen molar-refractivity contribution >= 4 is 23.5 Å². The largest absolute Gasteiger partial charge is 0.368 e. The monoisotopic (exact) mass is 331 g/mol. The van der Waals surface area contributed by atoms with Crippen LogP contribution in [0.1, 0.15) is 5.82 Å². The molecule has 3 rings (SSSR count). The Balaban J connectivity index is 1.83. The van der Waals surface area contributed by atoms with Crippen LogP contribution >= 0.6 is 11.6 Å². The van der Waals surface area contributed by atoms with Gasteiger partial charge in [0.2, 0.25) is 17.7 Å². The fraction of sp³-hybridized carbons (Fsp3) is 0.231. The van der Waals surface area contributed by atoms with E-state index < -0.39 is 0 Å². The number of halogens is 1. The number of benzene rings is 1. The van der Waals surface area contributed by atoms with Crippen molar-refractivity contribution in [3.63, 3.8) is 0 Å². The summed E-state index contributed by atoms with van der Waals surface area (Å²) in [5.41, 5.74) is 6.52. The van der Waals surface area contributed by atoms with Gasteiger partial charge in [-0.2, -0.15) is 19.7 Å². The molecular formula is C13H14ClN9. The van der Waals surface area contributed by atoms with E-state index in [0.717, 1.165) is 5.56 Å². The number of tetrazole rings is 1. The van der Waals surface area contributed by atoms with Crippen LogP contribution in [0.5, 0.6) is 0 Å². The lowest BCUT2D eigenvalue weighted by Crippen LogP contribution is -2.17. The first kappa shape index (κ1) is 15.1. The summed E-state index contributed by atoms with van der Waals surface area (Å²) in [6.07, 6.45) is 0. The molecule has 118 valence electrons. The predicted molar refractivity (Wildman–Crippen MR) is 85.9 cm³/mol. The zero-order valence-electron chi connectivity index (χ0n) is 12.5. The smallest absolute Gasteiger partial charge is 0.229 e. The molecule has 2 heterocycles. The summed E-state index contributed by atoms with van der Waals surface area (Å²) in [6, 6.07) is 7.20. The molecule has 0 radical (unpaired) electrons. The summed E-state index contributed by atoms with van der Waals surface area (Å²) in [4.78, 5) is 15.6. The van der Waals surface area contributed by atoms with Crippen molar-refractivity contribution in [1.29, 1.82) is 0 Å². The van der Waals surface area contributed by atoms with Gasteiger partial charge in [-0.3, -0.25) is 0 Å². The summed E-state index contributed by atoms with van der Waals surface area (Å²) in [5, 5.41) is 13.0. The molecule has 10 heteroatoms. The predicted octanol–water partition coefficient (Wildman–Crippen LogP) is 0.875. The van der Waals surface area contributed by atoms with E-state index in [1.54, 1.807) is 17.0 Å². The summed E-state index contributed by atoms with van der Waals surface area (Å²) in [7, 11) is 3.65. The second kappa shape index (κ2) is 6.13. The van der Waals surface area contributed by atoms with Crippen LogP contribution in [0.25, 0.3) is 11.4 Å². The van der Waals surface area contributed by atoms with E-state index >= 15 is 0 Å². The molecule has 0 aliphatic carbocycles. The molecular weight excluding hydrogens is 318 g/mol. The van der Waals surface area contributed by atoms with Gasteiger partial charge in [-0.25, -0.2) is 0 Å². The minimum absolute atomic E-state index is 0.150. The van der Waals surface area contributed by atoms with Crippen molar-refractivity contribution < 1.29 is 0 Å². The van der Waals surface area contributed by atoms with Gasteiger partial charge in [0.25, 0.3) is 0 Å². The Morgan fingerprint density at radius 1 is 1.13 bits per heavy atom. The van der Waals surface area contributed by atoms with Gasteiger partial charge in [-0.15, -0.1) is 10.2 Å². The second-order valence-electron chi connectivity index (χ2n) is 4.95. The standard InChI is InChI=1S/C13H14ClN9/c1-22(2)13-17-10(16-12(15)18-13)7-23-20-11(19-21-23)8-3-5-9(14)6-4-8/h3-6H,7H2,1-2H3,(H2,15,16,17,18). The van der Waals surface area contributed by atoms with Crippen molar-refractivity contribution in [2.45, 2.75) is 6.54 Å². The first-order valence-corrected chi connectivity index (χ1v) is 7.10. The maximum atomic E-state index is 5.87. The van der Waals surface area contributed by atoms with Crippen LogP contribution < -0.4 is 10.6 Å². The molecule has 0 saturated heterocycles. The topological polar surface area (TPSA) is 112 Å². The lowest BCUT2D eigenvalue weighted by Gasteiger charge is -2.10. The maximum Gasteiger partial charge on any atom is 0.229 e. The molecule has 0 aliphatic rings.